The maximum atomic E-state index is 12.3. The molecule has 2 aliphatic rings. The van der Waals surface area contributed by atoms with Gasteiger partial charge < -0.3 is 20.7 Å². The van der Waals surface area contributed by atoms with Crippen molar-refractivity contribution in [3.8, 4) is 0 Å². The second kappa shape index (κ2) is 6.46. The number of rotatable bonds is 4. The summed E-state index contributed by atoms with van der Waals surface area (Å²) in [5.41, 5.74) is 7.65. The molecule has 2 heterocycles. The topological polar surface area (TPSA) is 84.7 Å². The molecule has 1 aromatic carbocycles. The molecule has 2 aliphatic heterocycles. The summed E-state index contributed by atoms with van der Waals surface area (Å²) in [5.74, 6) is -0.316. The van der Waals surface area contributed by atoms with E-state index in [9.17, 15) is 9.59 Å². The van der Waals surface area contributed by atoms with E-state index in [0.717, 1.165) is 18.5 Å². The van der Waals surface area contributed by atoms with Gasteiger partial charge in [-0.1, -0.05) is 18.2 Å². The van der Waals surface area contributed by atoms with Gasteiger partial charge in [-0.2, -0.15) is 0 Å². The van der Waals surface area contributed by atoms with Crippen LogP contribution in [0.2, 0.25) is 0 Å². The number of amides is 2. The average molecular weight is 303 g/mol. The smallest absolute Gasteiger partial charge is 0.249 e. The van der Waals surface area contributed by atoms with Crippen molar-refractivity contribution in [2.24, 2.45) is 5.73 Å². The van der Waals surface area contributed by atoms with Crippen molar-refractivity contribution in [1.82, 2.24) is 5.32 Å². The van der Waals surface area contributed by atoms with Crippen molar-refractivity contribution < 1.29 is 14.3 Å². The number of hydrogen-bond acceptors (Lipinski definition) is 4. The number of carbonyl (C=O) groups excluding carboxylic acids is 2. The van der Waals surface area contributed by atoms with Gasteiger partial charge in [0.25, 0.3) is 0 Å². The monoisotopic (exact) mass is 303 g/mol. The molecule has 0 spiro atoms. The van der Waals surface area contributed by atoms with Crippen molar-refractivity contribution in [3.05, 3.63) is 29.8 Å². The van der Waals surface area contributed by atoms with Crippen LogP contribution in [0.1, 0.15) is 18.4 Å². The van der Waals surface area contributed by atoms with Gasteiger partial charge in [0.2, 0.25) is 11.8 Å². The zero-order chi connectivity index (χ0) is 15.5. The van der Waals surface area contributed by atoms with Crippen LogP contribution < -0.4 is 16.0 Å². The third-order valence-electron chi connectivity index (χ3n) is 4.26. The van der Waals surface area contributed by atoms with Crippen LogP contribution in [-0.2, 0) is 20.7 Å². The fraction of sp³-hybridized carbons (Fsp3) is 0.500. The molecule has 0 aromatic heterocycles. The maximum Gasteiger partial charge on any atom is 0.249 e. The second-order valence-electron chi connectivity index (χ2n) is 5.70. The van der Waals surface area contributed by atoms with Crippen molar-refractivity contribution >= 4 is 17.5 Å². The fourth-order valence-corrected chi connectivity index (χ4v) is 3.04. The molecule has 6 heteroatoms. The van der Waals surface area contributed by atoms with E-state index in [0.29, 0.717) is 19.5 Å². The first-order valence-electron chi connectivity index (χ1n) is 7.70. The molecule has 1 aromatic rings. The molecule has 22 heavy (non-hydrogen) atoms. The molecular weight excluding hydrogens is 282 g/mol. The van der Waals surface area contributed by atoms with Crippen LogP contribution in [-0.4, -0.2) is 43.7 Å². The summed E-state index contributed by atoms with van der Waals surface area (Å²) in [4.78, 5) is 26.1. The Balaban J connectivity index is 1.52. The van der Waals surface area contributed by atoms with E-state index in [2.05, 4.69) is 5.32 Å². The Bertz CT molecular complexity index is 576. The lowest BCUT2D eigenvalue weighted by Gasteiger charge is -2.18. The summed E-state index contributed by atoms with van der Waals surface area (Å²) in [6.07, 6.45) is 1.79. The van der Waals surface area contributed by atoms with Gasteiger partial charge in [-0.15, -0.1) is 0 Å². The van der Waals surface area contributed by atoms with Crippen LogP contribution in [0.4, 0.5) is 5.69 Å². The predicted molar refractivity (Wildman–Crippen MR) is 82.5 cm³/mol. The van der Waals surface area contributed by atoms with E-state index in [1.807, 2.05) is 24.3 Å². The second-order valence-corrected chi connectivity index (χ2v) is 5.70. The molecule has 3 rings (SSSR count). The molecule has 6 nitrogen and oxygen atoms in total. The fourth-order valence-electron chi connectivity index (χ4n) is 3.04. The molecule has 3 N–H and O–H groups in total. The van der Waals surface area contributed by atoms with E-state index < -0.39 is 6.10 Å². The summed E-state index contributed by atoms with van der Waals surface area (Å²) in [6.45, 7) is 1.09. The van der Waals surface area contributed by atoms with Crippen LogP contribution in [0.25, 0.3) is 0 Å². The van der Waals surface area contributed by atoms with Crippen molar-refractivity contribution in [1.29, 1.82) is 0 Å². The Labute approximate surface area is 129 Å². The Hall–Kier alpha value is -1.92. The number of hydrogen-bond donors (Lipinski definition) is 2. The van der Waals surface area contributed by atoms with Gasteiger partial charge in [0.1, 0.15) is 6.10 Å². The first kappa shape index (κ1) is 15.0. The van der Waals surface area contributed by atoms with Crippen LogP contribution >= 0.6 is 0 Å². The molecule has 2 amide bonds. The normalized spacial score (nSPS) is 23.4. The van der Waals surface area contributed by atoms with Gasteiger partial charge in [-0.3, -0.25) is 9.59 Å². The largest absolute Gasteiger partial charge is 0.364 e. The van der Waals surface area contributed by atoms with Crippen LogP contribution in [0.5, 0.6) is 0 Å². The highest BCUT2D eigenvalue weighted by atomic mass is 16.5. The molecule has 1 fully saturated rings. The lowest BCUT2D eigenvalue weighted by atomic mass is 10.2. The number of nitrogens with zero attached hydrogens (tertiary/aromatic N) is 1. The zero-order valence-electron chi connectivity index (χ0n) is 12.5. The molecule has 0 bridgehead atoms. The van der Waals surface area contributed by atoms with Crippen molar-refractivity contribution in [2.75, 3.05) is 24.5 Å². The summed E-state index contributed by atoms with van der Waals surface area (Å²) in [5, 5.41) is 2.68. The number of nitrogens with one attached hydrogen (secondary N) is 1. The number of anilines is 1. The number of carbonyl (C=O) groups is 2. The highest BCUT2D eigenvalue weighted by Crippen LogP contribution is 2.27. The Morgan fingerprint density at radius 1 is 1.32 bits per heavy atom. The van der Waals surface area contributed by atoms with Crippen molar-refractivity contribution in [2.45, 2.75) is 31.5 Å². The molecule has 1 saturated heterocycles. The molecule has 0 aliphatic carbocycles. The maximum absolute atomic E-state index is 12.3. The van der Waals surface area contributed by atoms with Gasteiger partial charge in [-0.25, -0.2) is 0 Å². The highest BCUT2D eigenvalue weighted by molar-refractivity contribution is 5.98. The molecule has 0 saturated carbocycles. The summed E-state index contributed by atoms with van der Waals surface area (Å²) in [6, 6.07) is 7.86. The van der Waals surface area contributed by atoms with Crippen molar-refractivity contribution in [3.63, 3.8) is 0 Å². The summed E-state index contributed by atoms with van der Waals surface area (Å²) >= 11 is 0. The number of ether oxygens (including phenoxy) is 1. The number of fused-ring (bicyclic) bond motifs is 1. The molecule has 0 unspecified atom stereocenters. The zero-order valence-corrected chi connectivity index (χ0v) is 12.5. The minimum absolute atomic E-state index is 0.000317. The van der Waals surface area contributed by atoms with Crippen LogP contribution in [0.3, 0.4) is 0 Å². The van der Waals surface area contributed by atoms with E-state index in [1.54, 1.807) is 4.90 Å². The third kappa shape index (κ3) is 2.98. The Kier molecular flexibility index (Phi) is 4.40. The van der Waals surface area contributed by atoms with E-state index in [4.69, 9.17) is 10.5 Å². The Morgan fingerprint density at radius 2 is 2.14 bits per heavy atom. The quantitative estimate of drug-likeness (QED) is 0.832. The van der Waals surface area contributed by atoms with Crippen LogP contribution in [0, 0.1) is 0 Å². The van der Waals surface area contributed by atoms with E-state index in [1.165, 1.54) is 5.56 Å². The lowest BCUT2D eigenvalue weighted by molar-refractivity contribution is -0.133. The molecule has 2 atom stereocenters. The first-order valence-corrected chi connectivity index (χ1v) is 7.70. The SMILES string of the molecule is NC[C@H]1CC[C@@H](C(=O)NCC(=O)N2CCc3ccccc32)O1. The summed E-state index contributed by atoms with van der Waals surface area (Å²) in [7, 11) is 0. The molecular formula is C16H21N3O3. The van der Waals surface area contributed by atoms with Gasteiger partial charge >= 0.3 is 0 Å². The Morgan fingerprint density at radius 3 is 2.91 bits per heavy atom. The standard InChI is InChI=1S/C16H21N3O3/c17-9-12-5-6-14(22-12)16(21)18-10-15(20)19-8-7-11-3-1-2-4-13(11)19/h1-4,12,14H,5-10,17H2,(H,18,21)/t12-,14+/m1/s1. The summed E-state index contributed by atoms with van der Waals surface area (Å²) < 4.78 is 5.52. The van der Waals surface area contributed by atoms with Gasteiger partial charge in [0.05, 0.1) is 12.6 Å². The van der Waals surface area contributed by atoms with Gasteiger partial charge in [-0.05, 0) is 30.9 Å². The number of nitrogens with two attached hydrogens (primary N) is 1. The van der Waals surface area contributed by atoms with Gasteiger partial charge in [0.15, 0.2) is 0 Å². The minimum atomic E-state index is -0.479. The third-order valence-corrected chi connectivity index (χ3v) is 4.26. The van der Waals surface area contributed by atoms with E-state index >= 15 is 0 Å². The van der Waals surface area contributed by atoms with E-state index in [-0.39, 0.29) is 24.5 Å². The average Bonchev–Trinajstić information content (AvgIpc) is 3.18. The predicted octanol–water partition coefficient (Wildman–Crippen LogP) is 0.198. The molecule has 118 valence electrons. The lowest BCUT2D eigenvalue weighted by Crippen LogP contribution is -2.43. The van der Waals surface area contributed by atoms with Gasteiger partial charge in [0, 0.05) is 18.8 Å². The highest BCUT2D eigenvalue weighted by Gasteiger charge is 2.31. The first-order chi connectivity index (χ1) is 10.7. The minimum Gasteiger partial charge on any atom is -0.364 e. The number of benzene rings is 1. The number of para-hydroxylation sites is 1. The van der Waals surface area contributed by atoms with Crippen LogP contribution in [0.15, 0.2) is 24.3 Å². The molecule has 0 radical (unpaired) electrons.